The third-order valence-electron chi connectivity index (χ3n) is 9.01. The highest BCUT2D eigenvalue weighted by atomic mass is 32.2. The Bertz CT molecular complexity index is 2620. The van der Waals surface area contributed by atoms with E-state index in [0.717, 1.165) is 55.6 Å². The average Bonchev–Trinajstić information content (AvgIpc) is 3.42. The first-order valence-electron chi connectivity index (χ1n) is 14.0. The van der Waals surface area contributed by atoms with Crippen LogP contribution in [0.25, 0.3) is 11.8 Å². The third kappa shape index (κ3) is 5.27. The number of likely N-dealkylation sites (N-methyl/N-ethyl adjacent to an activating group) is 1. The van der Waals surface area contributed by atoms with Crippen molar-refractivity contribution in [3.05, 3.63) is 94.4 Å². The van der Waals surface area contributed by atoms with Crippen LogP contribution < -0.4 is 10.3 Å². The Hall–Kier alpha value is -4.39. The second-order valence-electron chi connectivity index (χ2n) is 11.8. The van der Waals surface area contributed by atoms with Crippen molar-refractivity contribution in [2.24, 2.45) is 7.05 Å². The number of nitrogens with zero attached hydrogens (tertiary/aromatic N) is 2. The summed E-state index contributed by atoms with van der Waals surface area (Å²) in [5.74, 6) is -1.17. The third-order valence-corrected chi connectivity index (χ3v) is 13.3. The van der Waals surface area contributed by atoms with E-state index >= 15 is 4.79 Å². The number of amides is 3. The van der Waals surface area contributed by atoms with Crippen molar-refractivity contribution in [2.75, 3.05) is 7.05 Å². The lowest BCUT2D eigenvalue weighted by Gasteiger charge is -2.48. The first kappa shape index (κ1) is 35.4. The van der Waals surface area contributed by atoms with Gasteiger partial charge in [-0.1, -0.05) is 12.1 Å². The summed E-state index contributed by atoms with van der Waals surface area (Å²) < 4.78 is 143. The summed E-state index contributed by atoms with van der Waals surface area (Å²) in [6, 6.07) is 7.21. The molecule has 6 rings (SSSR count). The first-order valence-corrected chi connectivity index (χ1v) is 19.8. The predicted molar refractivity (Wildman–Crippen MR) is 171 cm³/mol. The lowest BCUT2D eigenvalue weighted by atomic mass is 9.84. The Kier molecular flexibility index (Phi) is 7.83. The fourth-order valence-corrected chi connectivity index (χ4v) is 9.86. The van der Waals surface area contributed by atoms with Gasteiger partial charge in [-0.05, 0) is 59.7 Å². The molecule has 0 radical (unpaired) electrons. The number of aryl methyl sites for hydroxylation is 1. The lowest BCUT2D eigenvalue weighted by molar-refractivity contribution is -0.788. The van der Waals surface area contributed by atoms with Gasteiger partial charge in [0.2, 0.25) is 5.25 Å². The molecule has 0 saturated heterocycles. The standard InChI is InChI=1S/C28H24N4O14S4/c1-31-11-3-4-21(31)26(33)32(2,28(50(44,45)46)10-9-15-12-17(47(35,36)37)6-5-16(15)14-28)24-20-13-18(48(38,39)40)7-8-19(20)22-25(49(41,42)43)23(24)30-27(34)29-22/h3-13,25H,14H2,1-2H3,(H4-,29,30,34,35,36,37,38,39,40,41,42,43,44,45,46)/p+2. The topological polar surface area (TPSA) is 283 Å². The molecule has 22 heteroatoms. The molecular weight excluding hydrogens is 745 g/mol. The maximum atomic E-state index is 15.1. The fraction of sp³-hybridized carbons (Fsp3) is 0.179. The van der Waals surface area contributed by atoms with E-state index in [1.54, 1.807) is 0 Å². The minimum atomic E-state index is -5.62. The monoisotopic (exact) mass is 770 g/mol. The van der Waals surface area contributed by atoms with Crippen molar-refractivity contribution < 1.29 is 70.9 Å². The molecule has 2 heterocycles. The molecule has 0 spiro atoms. The van der Waals surface area contributed by atoms with E-state index in [1.165, 1.54) is 29.9 Å². The molecule has 1 aliphatic heterocycles. The van der Waals surface area contributed by atoms with Crippen LogP contribution in [0.15, 0.2) is 76.3 Å². The van der Waals surface area contributed by atoms with Gasteiger partial charge in [-0.15, -0.1) is 0 Å². The van der Waals surface area contributed by atoms with E-state index in [4.69, 9.17) is 0 Å². The van der Waals surface area contributed by atoms with Crippen LogP contribution in [0.2, 0.25) is 0 Å². The molecule has 264 valence electrons. The summed E-state index contributed by atoms with van der Waals surface area (Å²) in [5.41, 5.74) is -2.94. The molecule has 3 aromatic rings. The van der Waals surface area contributed by atoms with Crippen LogP contribution in [0, 0.1) is 0 Å². The summed E-state index contributed by atoms with van der Waals surface area (Å²) in [6.45, 7) is 0. The second kappa shape index (κ2) is 11.1. The van der Waals surface area contributed by atoms with Crippen molar-refractivity contribution in [3.63, 3.8) is 0 Å². The van der Waals surface area contributed by atoms with Crippen molar-refractivity contribution in [3.8, 4) is 0 Å². The number of urea groups is 1. The van der Waals surface area contributed by atoms with Crippen LogP contribution in [-0.2, 0) is 53.9 Å². The lowest BCUT2D eigenvalue weighted by Crippen LogP contribution is -2.87. The van der Waals surface area contributed by atoms with E-state index < -0.39 is 106 Å². The minimum Gasteiger partial charge on any atom is -0.343 e. The molecule has 50 heavy (non-hydrogen) atoms. The smallest absolute Gasteiger partial charge is 0.343 e. The quantitative estimate of drug-likeness (QED) is 0.127. The molecule has 6 N–H and O–H groups in total. The Morgan fingerprint density at radius 2 is 1.54 bits per heavy atom. The number of nitrogens with one attached hydrogen (secondary N) is 2. The van der Waals surface area contributed by atoms with Gasteiger partial charge < -0.3 is 4.57 Å². The highest BCUT2D eigenvalue weighted by Crippen LogP contribution is 2.50. The fourth-order valence-electron chi connectivity index (χ4n) is 6.67. The van der Waals surface area contributed by atoms with Crippen molar-refractivity contribution in [1.29, 1.82) is 0 Å². The summed E-state index contributed by atoms with van der Waals surface area (Å²) >= 11 is 0. The summed E-state index contributed by atoms with van der Waals surface area (Å²) in [7, 11) is -18.3. The highest BCUT2D eigenvalue weighted by molar-refractivity contribution is 7.88. The molecule has 2 aromatic carbocycles. The molecule has 3 atom stereocenters. The van der Waals surface area contributed by atoms with Crippen molar-refractivity contribution in [1.82, 2.24) is 9.88 Å². The van der Waals surface area contributed by atoms with E-state index in [1.807, 2.05) is 0 Å². The number of fused-ring (bicyclic) bond motifs is 5. The summed E-state index contributed by atoms with van der Waals surface area (Å²) in [4.78, 5) is 26.0. The molecule has 3 aliphatic rings. The molecular formula is C28H26N4O14S4+2. The second-order valence-corrected chi connectivity index (χ2v) is 17.8. The van der Waals surface area contributed by atoms with Crippen LogP contribution in [-0.4, -0.2) is 95.8 Å². The molecule has 0 saturated carbocycles. The Balaban J connectivity index is 1.82. The van der Waals surface area contributed by atoms with Gasteiger partial charge in [0.1, 0.15) is 11.4 Å². The molecule has 3 amide bonds. The highest BCUT2D eigenvalue weighted by Gasteiger charge is 2.68. The number of carbonyl (C=O) groups is 2. The molecule has 1 aromatic heterocycles. The molecule has 18 nitrogen and oxygen atoms in total. The number of aromatic nitrogens is 1. The Morgan fingerprint density at radius 3 is 2.10 bits per heavy atom. The molecule has 3 unspecified atom stereocenters. The van der Waals surface area contributed by atoms with Gasteiger partial charge in [0.15, 0.2) is 11.4 Å². The zero-order valence-corrected chi connectivity index (χ0v) is 28.8. The SMILES string of the molecule is Cn1cccc1C(=O)[N+](C)(C1=C2NC(=O)[NH+]=C(c3ccc(S(=O)(=O)O)cc31)C2S(=O)(=O)O)C1(S(=O)(=O)O)C=Cc2cc(S(=O)(=O)O)ccc2C1. The van der Waals surface area contributed by atoms with E-state index in [2.05, 4.69) is 10.3 Å². The Labute approximate surface area is 284 Å². The summed E-state index contributed by atoms with van der Waals surface area (Å²) in [6.07, 6.45) is 2.44. The molecule has 0 fully saturated rings. The van der Waals surface area contributed by atoms with Gasteiger partial charge in [0, 0.05) is 18.8 Å². The summed E-state index contributed by atoms with van der Waals surface area (Å²) in [5, 5.41) is -0.0152. The minimum absolute atomic E-state index is 0.00260. The van der Waals surface area contributed by atoms with Crippen LogP contribution in [0.4, 0.5) is 4.79 Å². The van der Waals surface area contributed by atoms with Crippen LogP contribution in [0.1, 0.15) is 32.7 Å². The van der Waals surface area contributed by atoms with Crippen LogP contribution in [0.3, 0.4) is 0 Å². The molecule has 2 bridgehead atoms. The maximum absolute atomic E-state index is 15.1. The number of rotatable bonds is 7. The number of hydrogen-bond acceptors (Lipinski definition) is 10. The maximum Gasteiger partial charge on any atom is 0.494 e. The number of benzene rings is 2. The zero-order chi connectivity index (χ0) is 37.0. The number of carbonyl (C=O) groups excluding carboxylic acids is 2. The van der Waals surface area contributed by atoms with Gasteiger partial charge in [0.25, 0.3) is 35.2 Å². The predicted octanol–water partition coefficient (Wildman–Crippen LogP) is -0.809. The normalized spacial score (nSPS) is 21.8. The number of hydrogen-bond donors (Lipinski definition) is 6. The van der Waals surface area contributed by atoms with Crippen molar-refractivity contribution in [2.45, 2.75) is 26.3 Å². The molecule has 2 aliphatic carbocycles. The van der Waals surface area contributed by atoms with Crippen LogP contribution in [0.5, 0.6) is 0 Å². The average molecular weight is 771 g/mol. The largest absolute Gasteiger partial charge is 0.494 e. The Morgan fingerprint density at radius 1 is 0.920 bits per heavy atom. The number of quaternary nitrogens is 1. The van der Waals surface area contributed by atoms with Gasteiger partial charge in [-0.2, -0.15) is 42.9 Å². The van der Waals surface area contributed by atoms with E-state index in [-0.39, 0.29) is 22.4 Å². The van der Waals surface area contributed by atoms with Crippen molar-refractivity contribution >= 4 is 69.9 Å². The first-order chi connectivity index (χ1) is 22.9. The zero-order valence-electron chi connectivity index (χ0n) is 25.5. The van der Waals surface area contributed by atoms with Gasteiger partial charge in [-0.25, -0.2) is 15.1 Å². The van der Waals surface area contributed by atoms with Gasteiger partial charge in [0.05, 0.1) is 28.8 Å². The van der Waals surface area contributed by atoms with Crippen LogP contribution >= 0.6 is 0 Å². The van der Waals surface area contributed by atoms with Gasteiger partial charge >= 0.3 is 22.1 Å². The van der Waals surface area contributed by atoms with E-state index in [0.29, 0.717) is 0 Å². The van der Waals surface area contributed by atoms with Gasteiger partial charge in [-0.3, -0.25) is 18.2 Å². The van der Waals surface area contributed by atoms with E-state index in [9.17, 15) is 56.7 Å².